The number of aliphatic hydroxyl groups excluding tert-OH is 4. The number of carbonyl (C=O) groups excluding carboxylic acids is 1. The van der Waals surface area contributed by atoms with E-state index in [0.717, 1.165) is 0 Å². The fourth-order valence-electron chi connectivity index (χ4n) is 2.12. The molecular weight excluding hydrogens is 242 g/mol. The molecule has 0 bridgehead atoms. The molecule has 18 heavy (non-hydrogen) atoms. The van der Waals surface area contributed by atoms with Crippen molar-refractivity contribution in [2.45, 2.75) is 31.3 Å². The number of hydrogen-bond acceptors (Lipinski definition) is 6. The van der Waals surface area contributed by atoms with Gasteiger partial charge in [0.1, 0.15) is 30.0 Å². The van der Waals surface area contributed by atoms with E-state index in [1.54, 1.807) is 0 Å². The Balaban J connectivity index is 2.48. The average Bonchev–Trinajstić information content (AvgIpc) is 2.70. The Kier molecular flexibility index (Phi) is 3.35. The molecule has 0 unspecified atom stereocenters. The molecule has 100 valence electrons. The van der Waals surface area contributed by atoms with Crippen LogP contribution in [0.25, 0.3) is 0 Å². The summed E-state index contributed by atoms with van der Waals surface area (Å²) in [7, 11) is 0. The van der Waals surface area contributed by atoms with E-state index in [2.05, 4.69) is 10.3 Å². The van der Waals surface area contributed by atoms with Crippen LogP contribution in [0.1, 0.15) is 24.9 Å². The highest BCUT2D eigenvalue weighted by atomic mass is 16.4. The van der Waals surface area contributed by atoms with Gasteiger partial charge >= 0.3 is 0 Å². The van der Waals surface area contributed by atoms with E-state index in [1.807, 2.05) is 0 Å². The van der Waals surface area contributed by atoms with E-state index >= 15 is 0 Å². The Morgan fingerprint density at radius 1 is 1.44 bits per heavy atom. The summed E-state index contributed by atoms with van der Waals surface area (Å²) in [4.78, 5) is 14.9. The van der Waals surface area contributed by atoms with Gasteiger partial charge in [-0.2, -0.15) is 0 Å². The molecule has 5 N–H and O–H groups in total. The first-order valence-corrected chi connectivity index (χ1v) is 5.47. The lowest BCUT2D eigenvalue weighted by atomic mass is 9.96. The standard InChI is InChI=1S/C10H15N3O5/c1-4(15)12-6-2-11-10-9(18)8(17)7(16)5(3-14)13(6)10/h2,5,7-9,14,16-18H,3H2,1H3,(H,12,15)/t5-,7-,8+,9-/m1/s1. The number of rotatable bonds is 2. The lowest BCUT2D eigenvalue weighted by Gasteiger charge is -2.36. The third-order valence-corrected chi connectivity index (χ3v) is 2.98. The lowest BCUT2D eigenvalue weighted by Crippen LogP contribution is -2.46. The van der Waals surface area contributed by atoms with Crippen molar-refractivity contribution < 1.29 is 25.2 Å². The maximum atomic E-state index is 11.0. The van der Waals surface area contributed by atoms with Gasteiger partial charge in [-0.15, -0.1) is 0 Å². The van der Waals surface area contributed by atoms with Crippen LogP contribution in [0.5, 0.6) is 0 Å². The van der Waals surface area contributed by atoms with Crippen molar-refractivity contribution in [2.75, 3.05) is 11.9 Å². The quantitative estimate of drug-likeness (QED) is 0.423. The van der Waals surface area contributed by atoms with Crippen molar-refractivity contribution in [3.05, 3.63) is 12.0 Å². The van der Waals surface area contributed by atoms with E-state index in [0.29, 0.717) is 0 Å². The van der Waals surface area contributed by atoms with E-state index in [9.17, 15) is 25.2 Å². The first-order valence-electron chi connectivity index (χ1n) is 5.47. The molecule has 1 aliphatic heterocycles. The SMILES string of the molecule is CC(=O)Nc1cnc2n1[C@H](CO)[C@@H](O)[C@H](O)[C@H]2O. The van der Waals surface area contributed by atoms with Crippen LogP contribution in [-0.4, -0.2) is 54.7 Å². The molecule has 2 heterocycles. The maximum Gasteiger partial charge on any atom is 0.222 e. The second-order valence-electron chi connectivity index (χ2n) is 4.23. The normalized spacial score (nSPS) is 30.9. The van der Waals surface area contributed by atoms with Crippen LogP contribution in [0.15, 0.2) is 6.20 Å². The zero-order valence-electron chi connectivity index (χ0n) is 9.69. The molecule has 4 atom stereocenters. The number of hydrogen-bond donors (Lipinski definition) is 5. The number of carbonyl (C=O) groups is 1. The average molecular weight is 257 g/mol. The Labute approximate surface area is 103 Å². The van der Waals surface area contributed by atoms with Crippen molar-refractivity contribution in [1.82, 2.24) is 9.55 Å². The fraction of sp³-hybridized carbons (Fsp3) is 0.600. The highest BCUT2D eigenvalue weighted by Crippen LogP contribution is 2.34. The fourth-order valence-corrected chi connectivity index (χ4v) is 2.12. The first-order chi connectivity index (χ1) is 8.47. The van der Waals surface area contributed by atoms with Crippen LogP contribution in [0, 0.1) is 0 Å². The molecule has 1 aromatic heterocycles. The largest absolute Gasteiger partial charge is 0.394 e. The van der Waals surface area contributed by atoms with Gasteiger partial charge < -0.3 is 30.3 Å². The highest BCUT2D eigenvalue weighted by Gasteiger charge is 2.42. The summed E-state index contributed by atoms with van der Waals surface area (Å²) < 4.78 is 1.32. The molecule has 0 saturated heterocycles. The van der Waals surface area contributed by atoms with Crippen LogP contribution in [-0.2, 0) is 4.79 Å². The van der Waals surface area contributed by atoms with Gasteiger partial charge in [-0.25, -0.2) is 4.98 Å². The lowest BCUT2D eigenvalue weighted by molar-refractivity contribution is -0.114. The van der Waals surface area contributed by atoms with E-state index in [4.69, 9.17) is 0 Å². The van der Waals surface area contributed by atoms with Gasteiger partial charge in [0.25, 0.3) is 0 Å². The Morgan fingerprint density at radius 3 is 2.67 bits per heavy atom. The van der Waals surface area contributed by atoms with Crippen molar-refractivity contribution in [2.24, 2.45) is 0 Å². The highest BCUT2D eigenvalue weighted by molar-refractivity contribution is 5.87. The summed E-state index contributed by atoms with van der Waals surface area (Å²) in [6.07, 6.45) is -2.85. The molecule has 0 fully saturated rings. The monoisotopic (exact) mass is 257 g/mol. The molecule has 0 radical (unpaired) electrons. The van der Waals surface area contributed by atoms with Gasteiger partial charge in [0.05, 0.1) is 18.8 Å². The van der Waals surface area contributed by atoms with Crippen molar-refractivity contribution in [3.63, 3.8) is 0 Å². The van der Waals surface area contributed by atoms with Crippen LogP contribution in [0.2, 0.25) is 0 Å². The summed E-state index contributed by atoms with van der Waals surface area (Å²) in [5.41, 5.74) is 0. The van der Waals surface area contributed by atoms with Gasteiger partial charge in [0, 0.05) is 6.92 Å². The molecule has 2 rings (SSSR count). The van der Waals surface area contributed by atoms with Crippen molar-refractivity contribution >= 4 is 11.7 Å². The molecule has 1 aromatic rings. The van der Waals surface area contributed by atoms with Crippen LogP contribution in [0.3, 0.4) is 0 Å². The molecular formula is C10H15N3O5. The molecule has 8 nitrogen and oxygen atoms in total. The summed E-state index contributed by atoms with van der Waals surface area (Å²) >= 11 is 0. The Morgan fingerprint density at radius 2 is 2.11 bits per heavy atom. The molecule has 0 aliphatic carbocycles. The van der Waals surface area contributed by atoms with E-state index < -0.39 is 31.0 Å². The second-order valence-corrected chi connectivity index (χ2v) is 4.23. The van der Waals surface area contributed by atoms with Gasteiger partial charge in [-0.1, -0.05) is 0 Å². The smallest absolute Gasteiger partial charge is 0.222 e. The molecule has 0 aromatic carbocycles. The van der Waals surface area contributed by atoms with Crippen molar-refractivity contribution in [3.8, 4) is 0 Å². The molecule has 1 amide bonds. The van der Waals surface area contributed by atoms with E-state index in [-0.39, 0.29) is 17.5 Å². The molecule has 1 aliphatic rings. The van der Waals surface area contributed by atoms with Crippen LogP contribution < -0.4 is 5.32 Å². The van der Waals surface area contributed by atoms with Gasteiger partial charge in [-0.05, 0) is 0 Å². The second kappa shape index (κ2) is 4.65. The summed E-state index contributed by atoms with van der Waals surface area (Å²) in [6, 6.07) is -0.872. The number of imidazole rings is 1. The van der Waals surface area contributed by atoms with Gasteiger partial charge in [-0.3, -0.25) is 4.79 Å². The molecule has 8 heteroatoms. The maximum absolute atomic E-state index is 11.0. The van der Waals surface area contributed by atoms with Crippen molar-refractivity contribution in [1.29, 1.82) is 0 Å². The predicted octanol–water partition coefficient (Wildman–Crippen LogP) is -1.86. The number of aliphatic hydroxyl groups is 4. The Hall–Kier alpha value is -1.48. The van der Waals surface area contributed by atoms with Gasteiger partial charge in [0.15, 0.2) is 0 Å². The molecule has 0 spiro atoms. The van der Waals surface area contributed by atoms with Crippen LogP contribution in [0.4, 0.5) is 5.82 Å². The first kappa shape index (κ1) is 13.0. The summed E-state index contributed by atoms with van der Waals surface area (Å²) in [5, 5.41) is 41.0. The van der Waals surface area contributed by atoms with Gasteiger partial charge in [0.2, 0.25) is 5.91 Å². The minimum absolute atomic E-state index is 0.0931. The summed E-state index contributed by atoms with van der Waals surface area (Å²) in [6.45, 7) is 0.847. The number of amides is 1. The number of nitrogens with one attached hydrogen (secondary N) is 1. The minimum Gasteiger partial charge on any atom is -0.394 e. The third-order valence-electron chi connectivity index (χ3n) is 2.98. The number of nitrogens with zero attached hydrogens (tertiary/aromatic N) is 2. The number of fused-ring (bicyclic) bond motifs is 1. The topological polar surface area (TPSA) is 128 Å². The van der Waals surface area contributed by atoms with E-state index in [1.165, 1.54) is 17.7 Å². The predicted molar refractivity (Wildman–Crippen MR) is 59.6 cm³/mol. The Bertz CT molecular complexity index is 460. The minimum atomic E-state index is -1.43. The third kappa shape index (κ3) is 1.89. The number of anilines is 1. The van der Waals surface area contributed by atoms with Crippen LogP contribution >= 0.6 is 0 Å². The number of aromatic nitrogens is 2. The zero-order chi connectivity index (χ0) is 13.4. The molecule has 0 saturated carbocycles. The summed E-state index contributed by atoms with van der Waals surface area (Å²) in [5.74, 6) is 0.00152. The zero-order valence-corrected chi connectivity index (χ0v) is 9.69.